The number of benzene rings is 1. The lowest BCUT2D eigenvalue weighted by atomic mass is 10.1. The number of carbonyl (C=O) groups excluding carboxylic acids is 1. The molecule has 2 N–H and O–H groups in total. The van der Waals surface area contributed by atoms with E-state index in [1.807, 2.05) is 0 Å². The van der Waals surface area contributed by atoms with Crippen LogP contribution in [0.25, 0.3) is 0 Å². The topological polar surface area (TPSA) is 66.4 Å². The average molecular weight is 225 g/mol. The highest BCUT2D eigenvalue weighted by Gasteiger charge is 2.07. The smallest absolute Gasteiger partial charge is 0.303 e. The summed E-state index contributed by atoms with van der Waals surface area (Å²) in [5.41, 5.74) is 0.938. The van der Waals surface area contributed by atoms with Gasteiger partial charge in [0.25, 0.3) is 0 Å². The van der Waals surface area contributed by atoms with Gasteiger partial charge in [0.2, 0.25) is 5.91 Å². The Morgan fingerprint density at radius 2 is 2.12 bits per heavy atom. The van der Waals surface area contributed by atoms with Crippen LogP contribution in [0.3, 0.4) is 0 Å². The zero-order valence-corrected chi connectivity index (χ0v) is 8.79. The molecule has 0 bridgehead atoms. The summed E-state index contributed by atoms with van der Waals surface area (Å²) in [6.45, 7) is 1.31. The number of rotatable bonds is 4. The predicted molar refractivity (Wildman–Crippen MR) is 56.7 cm³/mol. The van der Waals surface area contributed by atoms with Crippen molar-refractivity contribution < 1.29 is 19.1 Å². The Morgan fingerprint density at radius 3 is 2.69 bits per heavy atom. The number of hydrogen-bond acceptors (Lipinski definition) is 2. The van der Waals surface area contributed by atoms with E-state index in [1.54, 1.807) is 0 Å². The highest BCUT2D eigenvalue weighted by atomic mass is 19.1. The molecule has 4 nitrogen and oxygen atoms in total. The maximum atomic E-state index is 12.9. The molecule has 16 heavy (non-hydrogen) atoms. The van der Waals surface area contributed by atoms with E-state index in [0.29, 0.717) is 11.3 Å². The molecule has 0 aliphatic heterocycles. The molecule has 0 radical (unpaired) electrons. The molecule has 1 aromatic rings. The zero-order chi connectivity index (χ0) is 12.1. The van der Waals surface area contributed by atoms with Crippen molar-refractivity contribution >= 4 is 17.6 Å². The lowest BCUT2D eigenvalue weighted by Crippen LogP contribution is -2.09. The number of hydrogen-bond donors (Lipinski definition) is 2. The number of carboxylic acid groups (broad SMARTS) is 1. The first-order valence-corrected chi connectivity index (χ1v) is 4.77. The molecule has 0 fully saturated rings. The molecule has 0 atom stereocenters. The zero-order valence-electron chi connectivity index (χ0n) is 8.79. The Kier molecular flexibility index (Phi) is 3.99. The van der Waals surface area contributed by atoms with Crippen molar-refractivity contribution in [2.45, 2.75) is 19.8 Å². The van der Waals surface area contributed by atoms with Crippen LogP contribution in [0.2, 0.25) is 0 Å². The Labute approximate surface area is 92.1 Å². The number of halogens is 1. The van der Waals surface area contributed by atoms with Crippen molar-refractivity contribution in [3.8, 4) is 0 Å². The number of carboxylic acids is 1. The van der Waals surface area contributed by atoms with Crippen molar-refractivity contribution in [3.63, 3.8) is 0 Å². The summed E-state index contributed by atoms with van der Waals surface area (Å²) in [6.07, 6.45) is 0.198. The van der Waals surface area contributed by atoms with E-state index in [-0.39, 0.29) is 18.7 Å². The van der Waals surface area contributed by atoms with E-state index >= 15 is 0 Å². The van der Waals surface area contributed by atoms with Gasteiger partial charge in [-0.05, 0) is 24.1 Å². The van der Waals surface area contributed by atoms with Gasteiger partial charge >= 0.3 is 5.97 Å². The van der Waals surface area contributed by atoms with Crippen LogP contribution in [0.5, 0.6) is 0 Å². The summed E-state index contributed by atoms with van der Waals surface area (Å²) in [7, 11) is 0. The van der Waals surface area contributed by atoms with Gasteiger partial charge in [0, 0.05) is 19.0 Å². The van der Waals surface area contributed by atoms with E-state index < -0.39 is 11.8 Å². The highest BCUT2D eigenvalue weighted by Crippen LogP contribution is 2.18. The normalized spacial score (nSPS) is 9.88. The van der Waals surface area contributed by atoms with Gasteiger partial charge in [-0.25, -0.2) is 4.39 Å². The maximum absolute atomic E-state index is 12.9. The monoisotopic (exact) mass is 225 g/mol. The fraction of sp³-hybridized carbons (Fsp3) is 0.273. The molecule has 0 spiro atoms. The molecule has 0 saturated carbocycles. The van der Waals surface area contributed by atoms with Gasteiger partial charge < -0.3 is 10.4 Å². The van der Waals surface area contributed by atoms with E-state index in [1.165, 1.54) is 25.1 Å². The Hall–Kier alpha value is -1.91. The van der Waals surface area contributed by atoms with Crippen LogP contribution in [0.15, 0.2) is 18.2 Å². The molecule has 1 aromatic carbocycles. The van der Waals surface area contributed by atoms with Crippen LogP contribution in [0, 0.1) is 5.82 Å². The predicted octanol–water partition coefficient (Wildman–Crippen LogP) is 1.80. The third kappa shape index (κ3) is 3.68. The second-order valence-corrected chi connectivity index (χ2v) is 3.38. The van der Waals surface area contributed by atoms with E-state index in [4.69, 9.17) is 5.11 Å². The lowest BCUT2D eigenvalue weighted by Gasteiger charge is -2.08. The number of aliphatic carboxylic acids is 1. The molecule has 0 unspecified atom stereocenters. The summed E-state index contributed by atoms with van der Waals surface area (Å²) in [5, 5.41) is 11.0. The van der Waals surface area contributed by atoms with E-state index in [0.717, 1.165) is 0 Å². The van der Waals surface area contributed by atoms with Crippen LogP contribution >= 0.6 is 0 Å². The maximum Gasteiger partial charge on any atom is 0.303 e. The SMILES string of the molecule is CC(=O)Nc1cc(F)ccc1CCC(=O)O. The van der Waals surface area contributed by atoms with Gasteiger partial charge in [-0.2, -0.15) is 0 Å². The summed E-state index contributed by atoms with van der Waals surface area (Å²) in [4.78, 5) is 21.3. The standard InChI is InChI=1S/C11H12FNO3/c1-7(14)13-10-6-9(12)4-2-8(10)3-5-11(15)16/h2,4,6H,3,5H2,1H3,(H,13,14)(H,15,16). The van der Waals surface area contributed by atoms with Gasteiger partial charge in [0.15, 0.2) is 0 Å². The first kappa shape index (κ1) is 12.2. The van der Waals surface area contributed by atoms with Crippen LogP contribution in [0.1, 0.15) is 18.9 Å². The largest absolute Gasteiger partial charge is 0.481 e. The summed E-state index contributed by atoms with van der Waals surface area (Å²) in [5.74, 6) is -1.72. The van der Waals surface area contributed by atoms with Gasteiger partial charge in [-0.15, -0.1) is 0 Å². The van der Waals surface area contributed by atoms with E-state index in [9.17, 15) is 14.0 Å². The minimum absolute atomic E-state index is 0.0573. The fourth-order valence-electron chi connectivity index (χ4n) is 1.31. The number of anilines is 1. The Bertz CT molecular complexity index is 418. The second kappa shape index (κ2) is 5.25. The van der Waals surface area contributed by atoms with E-state index in [2.05, 4.69) is 5.32 Å². The third-order valence-electron chi connectivity index (χ3n) is 1.99. The van der Waals surface area contributed by atoms with Gasteiger partial charge in [0.1, 0.15) is 5.82 Å². The van der Waals surface area contributed by atoms with Gasteiger partial charge in [-0.1, -0.05) is 6.07 Å². The molecule has 0 heterocycles. The number of amides is 1. The molecule has 0 aliphatic rings. The van der Waals surface area contributed by atoms with Gasteiger partial charge in [-0.3, -0.25) is 9.59 Å². The molecule has 5 heteroatoms. The minimum Gasteiger partial charge on any atom is -0.481 e. The molecule has 0 aromatic heterocycles. The van der Waals surface area contributed by atoms with Crippen LogP contribution in [0.4, 0.5) is 10.1 Å². The van der Waals surface area contributed by atoms with Crippen molar-refractivity contribution in [2.24, 2.45) is 0 Å². The summed E-state index contributed by atoms with van der Waals surface area (Å²) in [6, 6.07) is 3.89. The van der Waals surface area contributed by atoms with Crippen LogP contribution in [-0.4, -0.2) is 17.0 Å². The van der Waals surface area contributed by atoms with Gasteiger partial charge in [0.05, 0.1) is 0 Å². The first-order valence-electron chi connectivity index (χ1n) is 4.77. The first-order chi connectivity index (χ1) is 7.49. The van der Waals surface area contributed by atoms with Crippen molar-refractivity contribution in [2.75, 3.05) is 5.32 Å². The van der Waals surface area contributed by atoms with Crippen LogP contribution < -0.4 is 5.32 Å². The quantitative estimate of drug-likeness (QED) is 0.821. The Balaban J connectivity index is 2.88. The minimum atomic E-state index is -0.932. The van der Waals surface area contributed by atoms with Crippen LogP contribution in [-0.2, 0) is 16.0 Å². The molecule has 1 rings (SSSR count). The summed E-state index contributed by atoms with van der Waals surface area (Å²) < 4.78 is 12.9. The van der Waals surface area contributed by atoms with Crippen molar-refractivity contribution in [1.82, 2.24) is 0 Å². The molecular weight excluding hydrogens is 213 g/mol. The second-order valence-electron chi connectivity index (χ2n) is 3.38. The highest BCUT2D eigenvalue weighted by molar-refractivity contribution is 5.89. The molecule has 86 valence electrons. The lowest BCUT2D eigenvalue weighted by molar-refractivity contribution is -0.136. The fourth-order valence-corrected chi connectivity index (χ4v) is 1.31. The Morgan fingerprint density at radius 1 is 1.44 bits per heavy atom. The van der Waals surface area contributed by atoms with Crippen molar-refractivity contribution in [1.29, 1.82) is 0 Å². The third-order valence-corrected chi connectivity index (χ3v) is 1.99. The number of carbonyl (C=O) groups is 2. The average Bonchev–Trinajstić information content (AvgIpc) is 2.15. The van der Waals surface area contributed by atoms with Crippen molar-refractivity contribution in [3.05, 3.63) is 29.6 Å². The number of aryl methyl sites for hydroxylation is 1. The number of nitrogens with one attached hydrogen (secondary N) is 1. The molecular formula is C11H12FNO3. The molecule has 0 saturated heterocycles. The summed E-state index contributed by atoms with van der Waals surface area (Å²) >= 11 is 0. The molecule has 1 amide bonds. The molecule has 0 aliphatic carbocycles.